The van der Waals surface area contributed by atoms with Crippen molar-refractivity contribution < 1.29 is 9.31 Å². The van der Waals surface area contributed by atoms with Crippen LogP contribution in [0, 0.1) is 15.9 Å². The quantitative estimate of drug-likeness (QED) is 0.543. The highest BCUT2D eigenvalue weighted by atomic mass is 19.1. The van der Waals surface area contributed by atoms with E-state index in [0.717, 1.165) is 19.4 Å². The van der Waals surface area contributed by atoms with Gasteiger partial charge in [0, 0.05) is 18.8 Å². The van der Waals surface area contributed by atoms with Crippen LogP contribution in [0.15, 0.2) is 30.7 Å². The molecule has 1 unspecified atom stereocenters. The largest absolute Gasteiger partial charge is 0.360 e. The summed E-state index contributed by atoms with van der Waals surface area (Å²) < 4.78 is 15.1. The van der Waals surface area contributed by atoms with Crippen molar-refractivity contribution in [2.45, 2.75) is 18.9 Å². The molecule has 10 heteroatoms. The predicted molar refractivity (Wildman–Crippen MR) is 92.3 cm³/mol. The van der Waals surface area contributed by atoms with E-state index in [9.17, 15) is 14.5 Å². The normalized spacial score (nSPS) is 17.3. The van der Waals surface area contributed by atoms with Gasteiger partial charge in [-0.15, -0.1) is 0 Å². The van der Waals surface area contributed by atoms with Gasteiger partial charge in [0.15, 0.2) is 5.82 Å². The van der Waals surface area contributed by atoms with Crippen LogP contribution in [-0.2, 0) is 0 Å². The molecule has 1 aliphatic heterocycles. The molecule has 3 aromatic heterocycles. The minimum Gasteiger partial charge on any atom is -0.360 e. The molecule has 4 rings (SSSR count). The standard InChI is InChI=1S/C16H16FN7O2/c17-10-3-4-14-19-7-12(23(14)9-10)15-20-8-13(24(25)26)16(22-15)21-11-2-1-5-18-6-11/h3-4,7-9,11,18H,1-2,5-6H2,(H,20,21,22). The fraction of sp³-hybridized carbons (Fsp3) is 0.312. The van der Waals surface area contributed by atoms with Gasteiger partial charge in [-0.2, -0.15) is 0 Å². The molecule has 0 amide bonds. The van der Waals surface area contributed by atoms with Gasteiger partial charge in [0.1, 0.15) is 23.4 Å². The highest BCUT2D eigenvalue weighted by molar-refractivity contribution is 5.63. The van der Waals surface area contributed by atoms with E-state index in [0.29, 0.717) is 17.9 Å². The summed E-state index contributed by atoms with van der Waals surface area (Å²) in [6.07, 6.45) is 5.84. The Morgan fingerprint density at radius 3 is 3.00 bits per heavy atom. The number of nitro groups is 1. The van der Waals surface area contributed by atoms with Crippen LogP contribution in [0.2, 0.25) is 0 Å². The number of nitrogens with zero attached hydrogens (tertiary/aromatic N) is 5. The van der Waals surface area contributed by atoms with Crippen LogP contribution in [-0.4, -0.2) is 43.4 Å². The fourth-order valence-electron chi connectivity index (χ4n) is 3.03. The first-order valence-corrected chi connectivity index (χ1v) is 8.23. The van der Waals surface area contributed by atoms with E-state index in [2.05, 4.69) is 25.6 Å². The summed E-state index contributed by atoms with van der Waals surface area (Å²) in [4.78, 5) is 23.4. The molecule has 134 valence electrons. The van der Waals surface area contributed by atoms with Gasteiger partial charge in [0.2, 0.25) is 5.82 Å². The maximum absolute atomic E-state index is 13.6. The summed E-state index contributed by atoms with van der Waals surface area (Å²) in [6, 6.07) is 2.90. The van der Waals surface area contributed by atoms with Crippen molar-refractivity contribution in [1.82, 2.24) is 24.7 Å². The first-order valence-electron chi connectivity index (χ1n) is 8.23. The topological polar surface area (TPSA) is 110 Å². The number of hydrogen-bond donors (Lipinski definition) is 2. The molecule has 0 aromatic carbocycles. The second-order valence-corrected chi connectivity index (χ2v) is 6.09. The Labute approximate surface area is 147 Å². The smallest absolute Gasteiger partial charge is 0.329 e. The van der Waals surface area contributed by atoms with Crippen molar-refractivity contribution in [1.29, 1.82) is 0 Å². The number of piperidine rings is 1. The van der Waals surface area contributed by atoms with Gasteiger partial charge in [-0.1, -0.05) is 0 Å². The number of pyridine rings is 1. The molecule has 3 aromatic rings. The summed E-state index contributed by atoms with van der Waals surface area (Å²) in [7, 11) is 0. The first kappa shape index (κ1) is 16.3. The zero-order valence-electron chi connectivity index (χ0n) is 13.7. The molecular weight excluding hydrogens is 341 g/mol. The number of imidazole rings is 1. The molecule has 0 radical (unpaired) electrons. The molecule has 1 saturated heterocycles. The summed E-state index contributed by atoms with van der Waals surface area (Å²) in [6.45, 7) is 1.64. The molecule has 4 heterocycles. The number of hydrogen-bond acceptors (Lipinski definition) is 7. The fourth-order valence-corrected chi connectivity index (χ4v) is 3.03. The van der Waals surface area contributed by atoms with Crippen molar-refractivity contribution in [3.05, 3.63) is 46.7 Å². The summed E-state index contributed by atoms with van der Waals surface area (Å²) in [5.74, 6) is -0.0367. The number of fused-ring (bicyclic) bond motifs is 1. The van der Waals surface area contributed by atoms with Crippen LogP contribution in [0.4, 0.5) is 15.9 Å². The number of nitrogens with one attached hydrogen (secondary N) is 2. The molecule has 1 fully saturated rings. The van der Waals surface area contributed by atoms with Crippen molar-refractivity contribution in [2.24, 2.45) is 0 Å². The minimum atomic E-state index is -0.517. The van der Waals surface area contributed by atoms with Crippen LogP contribution in [0.3, 0.4) is 0 Å². The lowest BCUT2D eigenvalue weighted by atomic mass is 10.1. The lowest BCUT2D eigenvalue weighted by Gasteiger charge is -2.24. The van der Waals surface area contributed by atoms with E-state index >= 15 is 0 Å². The summed E-state index contributed by atoms with van der Waals surface area (Å²) in [5, 5.41) is 17.7. The lowest BCUT2D eigenvalue weighted by molar-refractivity contribution is -0.384. The molecule has 0 saturated carbocycles. The highest BCUT2D eigenvalue weighted by Gasteiger charge is 2.23. The van der Waals surface area contributed by atoms with Crippen molar-refractivity contribution in [2.75, 3.05) is 18.4 Å². The molecule has 2 N–H and O–H groups in total. The number of halogens is 1. The Bertz CT molecular complexity index is 968. The van der Waals surface area contributed by atoms with Gasteiger partial charge < -0.3 is 10.6 Å². The van der Waals surface area contributed by atoms with Gasteiger partial charge in [0.05, 0.1) is 11.1 Å². The molecule has 9 nitrogen and oxygen atoms in total. The van der Waals surface area contributed by atoms with Gasteiger partial charge in [-0.3, -0.25) is 14.5 Å². The third kappa shape index (κ3) is 3.06. The summed E-state index contributed by atoms with van der Waals surface area (Å²) >= 11 is 0. The Hall–Kier alpha value is -3.14. The maximum Gasteiger partial charge on any atom is 0.329 e. The average molecular weight is 357 g/mol. The van der Waals surface area contributed by atoms with E-state index in [-0.39, 0.29) is 23.4 Å². The maximum atomic E-state index is 13.6. The Kier molecular flexibility index (Phi) is 4.17. The second-order valence-electron chi connectivity index (χ2n) is 6.09. The van der Waals surface area contributed by atoms with Gasteiger partial charge in [-0.25, -0.2) is 19.3 Å². The van der Waals surface area contributed by atoms with Crippen LogP contribution >= 0.6 is 0 Å². The Morgan fingerprint density at radius 2 is 2.23 bits per heavy atom. The Morgan fingerprint density at radius 1 is 1.35 bits per heavy atom. The van der Waals surface area contributed by atoms with E-state index in [4.69, 9.17) is 0 Å². The van der Waals surface area contributed by atoms with Crippen molar-refractivity contribution in [3.63, 3.8) is 0 Å². The molecular formula is C16H16FN7O2. The van der Waals surface area contributed by atoms with E-state index < -0.39 is 10.7 Å². The zero-order chi connectivity index (χ0) is 18.1. The third-order valence-corrected chi connectivity index (χ3v) is 4.30. The SMILES string of the molecule is O=[N+]([O-])c1cnc(-c2cnc3ccc(F)cn23)nc1NC1CCCNC1. The number of aromatic nitrogens is 4. The Balaban J connectivity index is 1.75. The molecule has 0 bridgehead atoms. The minimum absolute atomic E-state index is 0.0461. The monoisotopic (exact) mass is 357 g/mol. The first-order chi connectivity index (χ1) is 12.6. The van der Waals surface area contributed by atoms with Crippen LogP contribution < -0.4 is 10.6 Å². The number of anilines is 1. The second kappa shape index (κ2) is 6.64. The molecule has 0 aliphatic carbocycles. The molecule has 1 atom stereocenters. The van der Waals surface area contributed by atoms with Crippen LogP contribution in [0.25, 0.3) is 17.2 Å². The third-order valence-electron chi connectivity index (χ3n) is 4.30. The van der Waals surface area contributed by atoms with Crippen molar-refractivity contribution >= 4 is 17.2 Å². The van der Waals surface area contributed by atoms with Gasteiger partial charge in [0.25, 0.3) is 0 Å². The highest BCUT2D eigenvalue weighted by Crippen LogP contribution is 2.26. The van der Waals surface area contributed by atoms with Crippen LogP contribution in [0.5, 0.6) is 0 Å². The van der Waals surface area contributed by atoms with Gasteiger partial charge >= 0.3 is 5.69 Å². The number of rotatable bonds is 4. The zero-order valence-corrected chi connectivity index (χ0v) is 13.7. The average Bonchev–Trinajstić information content (AvgIpc) is 3.05. The van der Waals surface area contributed by atoms with E-state index in [1.165, 1.54) is 35.1 Å². The molecule has 1 aliphatic rings. The predicted octanol–water partition coefficient (Wildman–Crippen LogP) is 2.00. The van der Waals surface area contributed by atoms with Gasteiger partial charge in [-0.05, 0) is 31.5 Å². The van der Waals surface area contributed by atoms with Crippen LogP contribution in [0.1, 0.15) is 12.8 Å². The molecule has 26 heavy (non-hydrogen) atoms. The van der Waals surface area contributed by atoms with E-state index in [1.807, 2.05) is 0 Å². The molecule has 0 spiro atoms. The van der Waals surface area contributed by atoms with E-state index in [1.54, 1.807) is 0 Å². The lowest BCUT2D eigenvalue weighted by Crippen LogP contribution is -2.38. The van der Waals surface area contributed by atoms with Crippen molar-refractivity contribution in [3.8, 4) is 11.5 Å². The summed E-state index contributed by atoms with van der Waals surface area (Å²) in [5.41, 5.74) is 0.799.